The first-order valence-electron chi connectivity index (χ1n) is 17.2. The van der Waals surface area contributed by atoms with Crippen LogP contribution in [0.25, 0.3) is 0 Å². The zero-order valence-electron chi connectivity index (χ0n) is 26.4. The smallest absolute Gasteiger partial charge is 0.246 e. The van der Waals surface area contributed by atoms with Crippen LogP contribution in [-0.4, -0.2) is 77.5 Å². The van der Waals surface area contributed by atoms with Gasteiger partial charge in [0.1, 0.15) is 11.6 Å². The maximum Gasteiger partial charge on any atom is 0.246 e. The van der Waals surface area contributed by atoms with Gasteiger partial charge in [-0.3, -0.25) is 14.4 Å². The van der Waals surface area contributed by atoms with Crippen LogP contribution in [0.15, 0.2) is 66.7 Å². The maximum atomic E-state index is 14.3. The van der Waals surface area contributed by atoms with Crippen LogP contribution in [0.5, 0.6) is 0 Å². The van der Waals surface area contributed by atoms with E-state index in [1.54, 1.807) is 29.2 Å². The predicted octanol–water partition coefficient (Wildman–Crippen LogP) is 5.22. The first-order chi connectivity index (χ1) is 22.4. The Morgan fingerprint density at radius 3 is 2.48 bits per heavy atom. The molecule has 3 saturated heterocycles. The molecule has 0 aromatic heterocycles. The second kappa shape index (κ2) is 13.5. The fourth-order valence-corrected chi connectivity index (χ4v) is 8.84. The SMILES string of the molecule is O=C(Nc1cccc(Cl)c1)C1C2C=CC3(O2)C1C(=O)N(CCCN1CCC(Cc2ccccc2)CC1)C3C(=O)NC1CCCCC1. The molecule has 2 bridgehead atoms. The summed E-state index contributed by atoms with van der Waals surface area (Å²) in [6.07, 6.45) is 12.7. The summed E-state index contributed by atoms with van der Waals surface area (Å²) in [7, 11) is 0. The van der Waals surface area contributed by atoms with E-state index in [4.69, 9.17) is 16.3 Å². The molecule has 46 heavy (non-hydrogen) atoms. The van der Waals surface area contributed by atoms with Gasteiger partial charge in [0.2, 0.25) is 17.7 Å². The van der Waals surface area contributed by atoms with Gasteiger partial charge in [-0.05, 0) is 87.8 Å². The zero-order valence-corrected chi connectivity index (χ0v) is 27.2. The van der Waals surface area contributed by atoms with Crippen LogP contribution < -0.4 is 10.6 Å². The number of benzene rings is 2. The number of carbonyl (C=O) groups is 3. The third-order valence-electron chi connectivity index (χ3n) is 10.9. The van der Waals surface area contributed by atoms with Gasteiger partial charge in [-0.2, -0.15) is 0 Å². The molecule has 4 fully saturated rings. The fourth-order valence-electron chi connectivity index (χ4n) is 8.65. The van der Waals surface area contributed by atoms with Crippen LogP contribution in [0.4, 0.5) is 5.69 Å². The second-order valence-electron chi connectivity index (χ2n) is 13.9. The minimum Gasteiger partial charge on any atom is -0.359 e. The molecule has 1 aliphatic carbocycles. The molecular formula is C37H45ClN4O4. The van der Waals surface area contributed by atoms with Crippen molar-refractivity contribution in [1.29, 1.82) is 0 Å². The molecule has 5 unspecified atom stereocenters. The van der Waals surface area contributed by atoms with Gasteiger partial charge in [0.25, 0.3) is 0 Å². The lowest BCUT2D eigenvalue weighted by Crippen LogP contribution is -2.56. The monoisotopic (exact) mass is 644 g/mol. The number of ether oxygens (including phenoxy) is 1. The molecule has 2 aromatic rings. The molecule has 4 heterocycles. The van der Waals surface area contributed by atoms with E-state index in [2.05, 4.69) is 45.9 Å². The quantitative estimate of drug-likeness (QED) is 0.346. The van der Waals surface area contributed by atoms with Gasteiger partial charge in [-0.25, -0.2) is 0 Å². The summed E-state index contributed by atoms with van der Waals surface area (Å²) >= 11 is 6.16. The summed E-state index contributed by atoms with van der Waals surface area (Å²) < 4.78 is 6.53. The highest BCUT2D eigenvalue weighted by atomic mass is 35.5. The molecule has 4 aliphatic heterocycles. The van der Waals surface area contributed by atoms with Crippen molar-refractivity contribution < 1.29 is 19.1 Å². The normalized spacial score (nSPS) is 29.7. The summed E-state index contributed by atoms with van der Waals surface area (Å²) in [4.78, 5) is 46.4. The summed E-state index contributed by atoms with van der Waals surface area (Å²) in [5, 5.41) is 6.75. The molecule has 2 aromatic carbocycles. The fraction of sp³-hybridized carbons (Fsp3) is 0.541. The number of piperidine rings is 1. The van der Waals surface area contributed by atoms with Crippen LogP contribution in [-0.2, 0) is 25.5 Å². The topological polar surface area (TPSA) is 91.0 Å². The number of nitrogens with one attached hydrogen (secondary N) is 2. The lowest BCUT2D eigenvalue weighted by Gasteiger charge is -2.35. The summed E-state index contributed by atoms with van der Waals surface area (Å²) in [5.41, 5.74) is 0.827. The van der Waals surface area contributed by atoms with E-state index < -0.39 is 29.6 Å². The van der Waals surface area contributed by atoms with E-state index in [1.807, 2.05) is 12.2 Å². The highest BCUT2D eigenvalue weighted by molar-refractivity contribution is 6.30. The highest BCUT2D eigenvalue weighted by Gasteiger charge is 2.72. The van der Waals surface area contributed by atoms with Crippen molar-refractivity contribution in [3.8, 4) is 0 Å². The molecule has 1 saturated carbocycles. The lowest BCUT2D eigenvalue weighted by atomic mass is 9.74. The van der Waals surface area contributed by atoms with Gasteiger partial charge >= 0.3 is 0 Å². The van der Waals surface area contributed by atoms with E-state index in [1.165, 1.54) is 24.8 Å². The van der Waals surface area contributed by atoms with Gasteiger partial charge in [0.05, 0.1) is 17.9 Å². The Labute approximate surface area is 276 Å². The molecule has 8 nitrogen and oxygen atoms in total. The van der Waals surface area contributed by atoms with E-state index in [-0.39, 0.29) is 23.8 Å². The van der Waals surface area contributed by atoms with Crippen molar-refractivity contribution in [2.45, 2.75) is 81.6 Å². The summed E-state index contributed by atoms with van der Waals surface area (Å²) in [5.74, 6) is -1.40. The third kappa shape index (κ3) is 6.24. The number of nitrogens with zero attached hydrogens (tertiary/aromatic N) is 2. The number of carbonyl (C=O) groups excluding carboxylic acids is 3. The lowest BCUT2D eigenvalue weighted by molar-refractivity contribution is -0.141. The van der Waals surface area contributed by atoms with Crippen molar-refractivity contribution in [1.82, 2.24) is 15.1 Å². The number of halogens is 1. The van der Waals surface area contributed by atoms with Crippen LogP contribution in [0.2, 0.25) is 5.02 Å². The van der Waals surface area contributed by atoms with Gasteiger partial charge in [0.15, 0.2) is 0 Å². The Morgan fingerprint density at radius 2 is 1.72 bits per heavy atom. The van der Waals surface area contributed by atoms with Crippen LogP contribution in [0, 0.1) is 17.8 Å². The zero-order chi connectivity index (χ0) is 31.7. The van der Waals surface area contributed by atoms with Crippen LogP contribution in [0.3, 0.4) is 0 Å². The van der Waals surface area contributed by atoms with Crippen LogP contribution >= 0.6 is 11.6 Å². The Morgan fingerprint density at radius 1 is 0.935 bits per heavy atom. The maximum absolute atomic E-state index is 14.3. The molecule has 1 spiro atoms. The first kappa shape index (κ1) is 31.4. The van der Waals surface area contributed by atoms with Crippen molar-refractivity contribution in [2.75, 3.05) is 31.5 Å². The van der Waals surface area contributed by atoms with E-state index in [0.29, 0.717) is 23.2 Å². The molecule has 9 heteroatoms. The number of rotatable bonds is 10. The van der Waals surface area contributed by atoms with Crippen molar-refractivity contribution in [2.24, 2.45) is 17.8 Å². The largest absolute Gasteiger partial charge is 0.359 e. The van der Waals surface area contributed by atoms with Crippen molar-refractivity contribution in [3.63, 3.8) is 0 Å². The molecule has 3 amide bonds. The third-order valence-corrected chi connectivity index (χ3v) is 11.2. The predicted molar refractivity (Wildman–Crippen MR) is 178 cm³/mol. The van der Waals surface area contributed by atoms with Crippen molar-refractivity contribution in [3.05, 3.63) is 77.3 Å². The van der Waals surface area contributed by atoms with Gasteiger partial charge in [-0.1, -0.05) is 79.4 Å². The Kier molecular flexibility index (Phi) is 9.21. The molecule has 0 radical (unpaired) electrons. The molecule has 7 rings (SSSR count). The standard InChI is InChI=1S/C37H45ClN4O4/c38-27-11-7-14-29(24-27)40-34(43)31-30-15-18-37(46-30)32(31)36(45)42(33(37)35(44)39-28-12-5-2-6-13-28)20-8-19-41-21-16-26(17-22-41)23-25-9-3-1-4-10-25/h1,3-4,7,9-11,14-15,18,24,26,28,30-33H,2,5-6,8,12-13,16-17,19-23H2,(H,39,44)(H,40,43). The molecular weight excluding hydrogens is 600 g/mol. The van der Waals surface area contributed by atoms with Crippen LogP contribution in [0.1, 0.15) is 56.9 Å². The Balaban J connectivity index is 1.04. The molecule has 244 valence electrons. The second-order valence-corrected chi connectivity index (χ2v) is 14.3. The number of hydrogen-bond acceptors (Lipinski definition) is 5. The highest BCUT2D eigenvalue weighted by Crippen LogP contribution is 2.55. The Hall–Kier alpha value is -3.20. The summed E-state index contributed by atoms with van der Waals surface area (Å²) in [6.45, 7) is 3.41. The molecule has 5 aliphatic rings. The minimum atomic E-state index is -1.15. The molecule has 5 atom stereocenters. The first-order valence-corrected chi connectivity index (χ1v) is 17.6. The minimum absolute atomic E-state index is 0.107. The van der Waals surface area contributed by atoms with Crippen molar-refractivity contribution >= 4 is 35.0 Å². The van der Waals surface area contributed by atoms with E-state index in [0.717, 1.165) is 58.2 Å². The average molecular weight is 645 g/mol. The Bertz CT molecular complexity index is 1450. The number of fused-ring (bicyclic) bond motifs is 1. The van der Waals surface area contributed by atoms with E-state index >= 15 is 0 Å². The number of anilines is 1. The van der Waals surface area contributed by atoms with Gasteiger partial charge in [0, 0.05) is 23.3 Å². The van der Waals surface area contributed by atoms with Gasteiger partial charge < -0.3 is 25.2 Å². The number of likely N-dealkylation sites (tertiary alicyclic amines) is 2. The number of amides is 3. The number of hydrogen-bond donors (Lipinski definition) is 2. The van der Waals surface area contributed by atoms with Gasteiger partial charge in [-0.15, -0.1) is 0 Å². The molecule has 2 N–H and O–H groups in total. The average Bonchev–Trinajstić information content (AvgIpc) is 3.70. The van der Waals surface area contributed by atoms with E-state index in [9.17, 15) is 14.4 Å². The summed E-state index contributed by atoms with van der Waals surface area (Å²) in [6, 6.07) is 17.0.